The Morgan fingerprint density at radius 3 is 2.54 bits per heavy atom. The topological polar surface area (TPSA) is 83.5 Å². The normalized spacial score (nSPS) is 12.3. The van der Waals surface area contributed by atoms with E-state index >= 15 is 0 Å². The highest BCUT2D eigenvalue weighted by atomic mass is 32.2. The number of nitrogens with one attached hydrogen (secondary N) is 1. The van der Waals surface area contributed by atoms with Gasteiger partial charge in [-0.25, -0.2) is 4.72 Å². The van der Waals surface area contributed by atoms with Crippen LogP contribution in [0.3, 0.4) is 0 Å². The molecular formula is C7H11NO4S. The van der Waals surface area contributed by atoms with Crippen LogP contribution in [0.25, 0.3) is 0 Å². The lowest BCUT2D eigenvalue weighted by molar-refractivity contribution is -0.115. The van der Waals surface area contributed by atoms with Gasteiger partial charge in [0.25, 0.3) is 5.91 Å². The van der Waals surface area contributed by atoms with Gasteiger partial charge in [0.15, 0.2) is 0 Å². The van der Waals surface area contributed by atoms with Crippen LogP contribution in [0.15, 0.2) is 24.3 Å². The van der Waals surface area contributed by atoms with Crippen LogP contribution in [0.2, 0.25) is 0 Å². The highest BCUT2D eigenvalue weighted by molar-refractivity contribution is 7.84. The Labute approximate surface area is 77.0 Å². The summed E-state index contributed by atoms with van der Waals surface area (Å²) in [6.07, 6.45) is 3.52. The molecule has 0 heterocycles. The van der Waals surface area contributed by atoms with Crippen molar-refractivity contribution in [3.05, 3.63) is 24.3 Å². The molecule has 0 aromatic rings. The molecule has 0 aliphatic heterocycles. The molecule has 0 spiro atoms. The van der Waals surface area contributed by atoms with Crippen LogP contribution >= 0.6 is 0 Å². The summed E-state index contributed by atoms with van der Waals surface area (Å²) in [6, 6.07) is 0. The fourth-order valence-corrected chi connectivity index (χ4v) is 0.946. The van der Waals surface area contributed by atoms with Gasteiger partial charge in [-0.05, 0) is 13.3 Å². The third kappa shape index (κ3) is 6.06. The van der Waals surface area contributed by atoms with Gasteiger partial charge in [-0.2, -0.15) is 8.42 Å². The molecule has 0 atom stereocenters. The van der Waals surface area contributed by atoms with Crippen LogP contribution in [-0.2, 0) is 15.1 Å². The van der Waals surface area contributed by atoms with Gasteiger partial charge in [-0.15, -0.1) is 6.58 Å². The second-order valence-electron chi connectivity index (χ2n) is 2.32. The number of carbonyl (C=O) groups is 1. The minimum absolute atomic E-state index is 0.206. The summed E-state index contributed by atoms with van der Waals surface area (Å²) < 4.78 is 30.1. The summed E-state index contributed by atoms with van der Waals surface area (Å²) in [5.74, 6) is -0.843. The van der Waals surface area contributed by atoms with Gasteiger partial charge in [0.1, 0.15) is 0 Å². The molecule has 0 unspecified atom stereocenters. The third-order valence-corrected chi connectivity index (χ3v) is 1.61. The average molecular weight is 205 g/mol. The van der Waals surface area contributed by atoms with E-state index in [4.69, 9.17) is 4.55 Å². The van der Waals surface area contributed by atoms with Crippen LogP contribution in [0.4, 0.5) is 0 Å². The van der Waals surface area contributed by atoms with E-state index in [1.807, 2.05) is 0 Å². The molecular weight excluding hydrogens is 194 g/mol. The van der Waals surface area contributed by atoms with E-state index in [0.717, 1.165) is 0 Å². The highest BCUT2D eigenvalue weighted by Crippen LogP contribution is 1.96. The van der Waals surface area contributed by atoms with E-state index in [9.17, 15) is 13.2 Å². The Bertz CT molecular complexity index is 328. The molecule has 0 saturated carbocycles. The zero-order chi connectivity index (χ0) is 10.5. The van der Waals surface area contributed by atoms with Crippen LogP contribution in [0.1, 0.15) is 13.3 Å². The maximum absolute atomic E-state index is 10.9. The molecule has 2 N–H and O–H groups in total. The molecule has 74 valence electrons. The summed E-state index contributed by atoms with van der Waals surface area (Å²) >= 11 is 0. The Balaban J connectivity index is 4.36. The van der Waals surface area contributed by atoms with E-state index in [-0.39, 0.29) is 5.57 Å². The first kappa shape index (κ1) is 11.9. The lowest BCUT2D eigenvalue weighted by Gasteiger charge is -2.00. The first-order chi connectivity index (χ1) is 5.87. The molecule has 0 radical (unpaired) electrons. The van der Waals surface area contributed by atoms with Crippen molar-refractivity contribution >= 4 is 16.2 Å². The number of amides is 1. The zero-order valence-electron chi connectivity index (χ0n) is 7.15. The van der Waals surface area contributed by atoms with Gasteiger partial charge >= 0.3 is 10.3 Å². The van der Waals surface area contributed by atoms with Crippen molar-refractivity contribution in [3.63, 3.8) is 0 Å². The second-order valence-corrected chi connectivity index (χ2v) is 3.47. The maximum Gasteiger partial charge on any atom is 0.359 e. The zero-order valence-corrected chi connectivity index (χ0v) is 7.97. The van der Waals surface area contributed by atoms with Gasteiger partial charge in [0, 0.05) is 5.57 Å². The standard InChI is InChI=1S/C7H11NO4S/c1-3-4-5-6(2)7(9)8-13(10,11)12/h3,5H,1,4H2,2H3,(H,8,9)(H,10,11,12). The van der Waals surface area contributed by atoms with Gasteiger partial charge in [0.05, 0.1) is 0 Å². The van der Waals surface area contributed by atoms with E-state index in [1.165, 1.54) is 17.7 Å². The van der Waals surface area contributed by atoms with Crippen molar-refractivity contribution in [2.45, 2.75) is 13.3 Å². The predicted octanol–water partition coefficient (Wildman–Crippen LogP) is 0.428. The van der Waals surface area contributed by atoms with Crippen LogP contribution in [-0.4, -0.2) is 18.9 Å². The van der Waals surface area contributed by atoms with Crippen LogP contribution in [0.5, 0.6) is 0 Å². The molecule has 0 fully saturated rings. The Hall–Kier alpha value is -1.14. The third-order valence-electron chi connectivity index (χ3n) is 1.17. The smallest absolute Gasteiger partial charge is 0.269 e. The van der Waals surface area contributed by atoms with Crippen molar-refractivity contribution < 1.29 is 17.8 Å². The van der Waals surface area contributed by atoms with E-state index in [2.05, 4.69) is 6.58 Å². The minimum Gasteiger partial charge on any atom is -0.269 e. The van der Waals surface area contributed by atoms with Gasteiger partial charge in [-0.3, -0.25) is 9.35 Å². The number of hydrogen-bond acceptors (Lipinski definition) is 3. The van der Waals surface area contributed by atoms with Crippen molar-refractivity contribution in [2.24, 2.45) is 0 Å². The Morgan fingerprint density at radius 1 is 1.62 bits per heavy atom. The van der Waals surface area contributed by atoms with Crippen LogP contribution < -0.4 is 4.72 Å². The van der Waals surface area contributed by atoms with Crippen molar-refractivity contribution in [1.29, 1.82) is 0 Å². The lowest BCUT2D eigenvalue weighted by Crippen LogP contribution is -2.30. The average Bonchev–Trinajstić information content (AvgIpc) is 1.96. The SMILES string of the molecule is C=CCC=C(C)C(=O)NS(=O)(=O)O. The van der Waals surface area contributed by atoms with Crippen molar-refractivity contribution in [2.75, 3.05) is 0 Å². The first-order valence-corrected chi connectivity index (χ1v) is 4.88. The van der Waals surface area contributed by atoms with E-state index in [0.29, 0.717) is 6.42 Å². The number of hydrogen-bond donors (Lipinski definition) is 2. The van der Waals surface area contributed by atoms with E-state index < -0.39 is 16.2 Å². The summed E-state index contributed by atoms with van der Waals surface area (Å²) in [6.45, 7) is 4.86. The first-order valence-electron chi connectivity index (χ1n) is 3.44. The minimum atomic E-state index is -4.46. The summed E-state index contributed by atoms with van der Waals surface area (Å²) in [5.41, 5.74) is 0.206. The second kappa shape index (κ2) is 4.78. The van der Waals surface area contributed by atoms with Gasteiger partial charge < -0.3 is 0 Å². The van der Waals surface area contributed by atoms with E-state index in [1.54, 1.807) is 6.08 Å². The molecule has 6 heteroatoms. The summed E-state index contributed by atoms with van der Waals surface area (Å²) in [4.78, 5) is 10.9. The van der Waals surface area contributed by atoms with Gasteiger partial charge in [-0.1, -0.05) is 12.2 Å². The number of rotatable bonds is 4. The summed E-state index contributed by atoms with van der Waals surface area (Å²) in [5, 5.41) is 0. The quantitative estimate of drug-likeness (QED) is 0.396. The van der Waals surface area contributed by atoms with Crippen molar-refractivity contribution in [1.82, 2.24) is 4.72 Å². The molecule has 13 heavy (non-hydrogen) atoms. The van der Waals surface area contributed by atoms with Gasteiger partial charge in [0.2, 0.25) is 0 Å². The monoisotopic (exact) mass is 205 g/mol. The largest absolute Gasteiger partial charge is 0.359 e. The lowest BCUT2D eigenvalue weighted by atomic mass is 10.2. The highest BCUT2D eigenvalue weighted by Gasteiger charge is 2.10. The Kier molecular flexibility index (Phi) is 4.36. The molecule has 0 saturated heterocycles. The Morgan fingerprint density at radius 2 is 2.15 bits per heavy atom. The fraction of sp³-hybridized carbons (Fsp3) is 0.286. The maximum atomic E-state index is 10.9. The molecule has 5 nitrogen and oxygen atoms in total. The number of allylic oxidation sites excluding steroid dienone is 2. The summed E-state index contributed by atoms with van der Waals surface area (Å²) in [7, 11) is -4.46. The number of carbonyl (C=O) groups excluding carboxylic acids is 1. The molecule has 0 aliphatic carbocycles. The predicted molar refractivity (Wildman–Crippen MR) is 48.3 cm³/mol. The molecule has 1 amide bonds. The molecule has 0 rings (SSSR count). The van der Waals surface area contributed by atoms with Crippen LogP contribution in [0, 0.1) is 0 Å². The molecule has 0 aliphatic rings. The molecule has 0 aromatic carbocycles. The molecule has 0 aromatic heterocycles. The molecule has 0 bridgehead atoms. The van der Waals surface area contributed by atoms with Crippen molar-refractivity contribution in [3.8, 4) is 0 Å². The fourth-order valence-electron chi connectivity index (χ4n) is 0.550.